The molecule has 19 heavy (non-hydrogen) atoms. The van der Waals surface area contributed by atoms with E-state index in [0.717, 1.165) is 6.20 Å². The van der Waals surface area contributed by atoms with Crippen molar-refractivity contribution in [2.75, 3.05) is 6.61 Å². The molecule has 1 heterocycles. The molecule has 0 aliphatic heterocycles. The second-order valence-electron chi connectivity index (χ2n) is 3.74. The monoisotopic (exact) mass is 271 g/mol. The van der Waals surface area contributed by atoms with Crippen LogP contribution in [0.4, 0.5) is 4.39 Å². The smallest absolute Gasteiger partial charge is 0.308 e. The molecule has 0 saturated carbocycles. The van der Waals surface area contributed by atoms with Crippen LogP contribution in [-0.4, -0.2) is 40.2 Å². The van der Waals surface area contributed by atoms with Crippen LogP contribution in [0.25, 0.3) is 0 Å². The molecule has 2 N–H and O–H groups in total. The van der Waals surface area contributed by atoms with Gasteiger partial charge in [0, 0.05) is 6.20 Å². The summed E-state index contributed by atoms with van der Waals surface area (Å²) in [6.45, 7) is 1.74. The molecule has 1 rings (SSSR count). The Kier molecular flexibility index (Phi) is 5.53. The number of aldehydes is 1. The Morgan fingerprint density at radius 3 is 2.84 bits per heavy atom. The summed E-state index contributed by atoms with van der Waals surface area (Å²) in [4.78, 5) is 25.2. The van der Waals surface area contributed by atoms with Crippen LogP contribution >= 0.6 is 0 Å². The van der Waals surface area contributed by atoms with E-state index in [1.807, 2.05) is 0 Å². The first kappa shape index (κ1) is 15.2. The molecule has 0 bridgehead atoms. The number of ether oxygens (including phenoxy) is 1. The fourth-order valence-corrected chi connectivity index (χ4v) is 1.55. The third-order valence-corrected chi connectivity index (χ3v) is 2.46. The molecular formula is C12H14FNO5. The van der Waals surface area contributed by atoms with Gasteiger partial charge in [0.1, 0.15) is 6.10 Å². The molecule has 2 atom stereocenters. The zero-order valence-electron chi connectivity index (χ0n) is 10.2. The molecule has 1 aromatic heterocycles. The maximum absolute atomic E-state index is 13.2. The van der Waals surface area contributed by atoms with Crippen LogP contribution in [0, 0.1) is 5.95 Å². The number of rotatable bonds is 6. The highest BCUT2D eigenvalue weighted by atomic mass is 19.1. The highest BCUT2D eigenvalue weighted by Gasteiger charge is 2.25. The van der Waals surface area contributed by atoms with Gasteiger partial charge in [0.2, 0.25) is 5.95 Å². The summed E-state index contributed by atoms with van der Waals surface area (Å²) in [5.74, 6) is -1.74. The number of hydrogen-bond donors (Lipinski definition) is 2. The van der Waals surface area contributed by atoms with Crippen LogP contribution in [0.5, 0.6) is 0 Å². The number of hydrogen-bond acceptors (Lipinski definition) is 6. The van der Waals surface area contributed by atoms with Gasteiger partial charge in [-0.25, -0.2) is 4.98 Å². The van der Waals surface area contributed by atoms with Crippen LogP contribution in [0.1, 0.15) is 35.4 Å². The van der Waals surface area contributed by atoms with Crippen LogP contribution in [-0.2, 0) is 9.53 Å². The molecule has 0 aromatic carbocycles. The van der Waals surface area contributed by atoms with Gasteiger partial charge in [-0.05, 0) is 18.6 Å². The SMILES string of the molecule is CCOC(=O)CC(O)C(O)c1ccnc(F)c1C=O. The highest BCUT2D eigenvalue weighted by molar-refractivity contribution is 5.77. The Morgan fingerprint density at radius 2 is 2.26 bits per heavy atom. The standard InChI is InChI=1S/C12H14FNO5/c1-2-19-10(17)5-9(16)11(18)7-3-4-14-12(13)8(7)6-15/h3-4,6,9,11,16,18H,2,5H2,1H3. The first-order valence-electron chi connectivity index (χ1n) is 5.62. The van der Waals surface area contributed by atoms with Crippen molar-refractivity contribution in [1.29, 1.82) is 0 Å². The van der Waals surface area contributed by atoms with Crippen molar-refractivity contribution in [3.63, 3.8) is 0 Å². The summed E-state index contributed by atoms with van der Waals surface area (Å²) in [7, 11) is 0. The Labute approximate surface area is 108 Å². The summed E-state index contributed by atoms with van der Waals surface area (Å²) in [6, 6.07) is 1.20. The van der Waals surface area contributed by atoms with Crippen molar-refractivity contribution >= 4 is 12.3 Å². The van der Waals surface area contributed by atoms with E-state index in [0.29, 0.717) is 0 Å². The average Bonchev–Trinajstić information content (AvgIpc) is 2.37. The summed E-state index contributed by atoms with van der Waals surface area (Å²) in [6.07, 6.45) is -2.30. The van der Waals surface area contributed by atoms with Gasteiger partial charge in [-0.1, -0.05) is 0 Å². The first-order valence-corrected chi connectivity index (χ1v) is 5.62. The van der Waals surface area contributed by atoms with Crippen LogP contribution in [0.2, 0.25) is 0 Å². The number of esters is 1. The Morgan fingerprint density at radius 1 is 1.58 bits per heavy atom. The van der Waals surface area contributed by atoms with E-state index in [-0.39, 0.29) is 18.5 Å². The molecule has 0 aliphatic rings. The molecule has 0 radical (unpaired) electrons. The number of nitrogens with zero attached hydrogens (tertiary/aromatic N) is 1. The van der Waals surface area contributed by atoms with Crippen molar-refractivity contribution in [2.24, 2.45) is 0 Å². The third-order valence-electron chi connectivity index (χ3n) is 2.46. The van der Waals surface area contributed by atoms with Crippen molar-refractivity contribution in [1.82, 2.24) is 4.98 Å². The molecule has 0 spiro atoms. The van der Waals surface area contributed by atoms with E-state index in [1.165, 1.54) is 6.07 Å². The van der Waals surface area contributed by atoms with E-state index in [9.17, 15) is 24.2 Å². The maximum Gasteiger partial charge on any atom is 0.308 e. The molecule has 1 aromatic rings. The predicted octanol–water partition coefficient (Wildman–Crippen LogP) is 0.381. The Hall–Kier alpha value is -1.86. The zero-order chi connectivity index (χ0) is 14.4. The second-order valence-corrected chi connectivity index (χ2v) is 3.74. The number of aliphatic hydroxyl groups excluding tert-OH is 2. The molecule has 0 saturated heterocycles. The molecule has 6 nitrogen and oxygen atoms in total. The minimum absolute atomic E-state index is 0.126. The van der Waals surface area contributed by atoms with E-state index in [1.54, 1.807) is 6.92 Å². The summed E-state index contributed by atoms with van der Waals surface area (Å²) in [5, 5.41) is 19.5. The number of halogens is 1. The molecule has 0 aliphatic carbocycles. The highest BCUT2D eigenvalue weighted by Crippen LogP contribution is 2.22. The molecule has 0 amide bonds. The van der Waals surface area contributed by atoms with Gasteiger partial charge in [0.05, 0.1) is 24.7 Å². The first-order chi connectivity index (χ1) is 9.01. The van der Waals surface area contributed by atoms with E-state index in [2.05, 4.69) is 9.72 Å². The van der Waals surface area contributed by atoms with Crippen LogP contribution in [0.15, 0.2) is 12.3 Å². The fourth-order valence-electron chi connectivity index (χ4n) is 1.55. The summed E-state index contributed by atoms with van der Waals surface area (Å²) < 4.78 is 17.8. The van der Waals surface area contributed by atoms with Crippen molar-refractivity contribution in [3.8, 4) is 0 Å². The van der Waals surface area contributed by atoms with Gasteiger partial charge < -0.3 is 14.9 Å². The Balaban J connectivity index is 2.88. The van der Waals surface area contributed by atoms with Crippen molar-refractivity contribution < 1.29 is 28.9 Å². The van der Waals surface area contributed by atoms with Gasteiger partial charge >= 0.3 is 5.97 Å². The van der Waals surface area contributed by atoms with Gasteiger partial charge in [0.25, 0.3) is 0 Å². The minimum atomic E-state index is -1.58. The quantitative estimate of drug-likeness (QED) is 0.441. The van der Waals surface area contributed by atoms with Crippen LogP contribution in [0.3, 0.4) is 0 Å². The summed E-state index contributed by atoms with van der Waals surface area (Å²) in [5.41, 5.74) is -0.572. The zero-order valence-corrected chi connectivity index (χ0v) is 10.2. The predicted molar refractivity (Wildman–Crippen MR) is 61.8 cm³/mol. The topological polar surface area (TPSA) is 96.7 Å². The maximum atomic E-state index is 13.2. The van der Waals surface area contributed by atoms with Gasteiger partial charge in [-0.2, -0.15) is 4.39 Å². The lowest BCUT2D eigenvalue weighted by Gasteiger charge is -2.18. The average molecular weight is 271 g/mol. The number of carbonyl (C=O) groups is 2. The minimum Gasteiger partial charge on any atom is -0.466 e. The van der Waals surface area contributed by atoms with E-state index >= 15 is 0 Å². The molecule has 2 unspecified atom stereocenters. The fraction of sp³-hybridized carbons (Fsp3) is 0.417. The number of aromatic nitrogens is 1. The third kappa shape index (κ3) is 3.80. The number of aliphatic hydroxyl groups is 2. The summed E-state index contributed by atoms with van der Waals surface area (Å²) >= 11 is 0. The van der Waals surface area contributed by atoms with Crippen molar-refractivity contribution in [2.45, 2.75) is 25.6 Å². The Bertz CT molecular complexity index is 465. The van der Waals surface area contributed by atoms with E-state index < -0.39 is 36.1 Å². The van der Waals surface area contributed by atoms with Gasteiger partial charge in [-0.15, -0.1) is 0 Å². The molecule has 104 valence electrons. The normalized spacial score (nSPS) is 13.7. The lowest BCUT2D eigenvalue weighted by atomic mass is 9.99. The lowest BCUT2D eigenvalue weighted by molar-refractivity contribution is -0.147. The largest absolute Gasteiger partial charge is 0.466 e. The number of pyridine rings is 1. The lowest BCUT2D eigenvalue weighted by Crippen LogP contribution is -2.24. The van der Waals surface area contributed by atoms with Crippen LogP contribution < -0.4 is 0 Å². The molecule has 7 heteroatoms. The van der Waals surface area contributed by atoms with E-state index in [4.69, 9.17) is 0 Å². The van der Waals surface area contributed by atoms with Gasteiger partial charge in [0.15, 0.2) is 6.29 Å². The van der Waals surface area contributed by atoms with Crippen molar-refractivity contribution in [3.05, 3.63) is 29.3 Å². The molecular weight excluding hydrogens is 257 g/mol. The molecule has 0 fully saturated rings. The number of carbonyl (C=O) groups excluding carboxylic acids is 2. The van der Waals surface area contributed by atoms with Gasteiger partial charge in [-0.3, -0.25) is 9.59 Å². The second kappa shape index (κ2) is 6.91.